The van der Waals surface area contributed by atoms with Crippen LogP contribution in [0.1, 0.15) is 45.1 Å². The summed E-state index contributed by atoms with van der Waals surface area (Å²) in [5.41, 5.74) is 0.345. The molecule has 0 spiro atoms. The fourth-order valence-corrected chi connectivity index (χ4v) is 2.83. The second kappa shape index (κ2) is 4.75. The van der Waals surface area contributed by atoms with Crippen LogP contribution in [0.5, 0.6) is 5.75 Å². The van der Waals surface area contributed by atoms with Gasteiger partial charge in [-0.05, 0) is 49.3 Å². The molecule has 1 fully saturated rings. The molecule has 0 aromatic heterocycles. The van der Waals surface area contributed by atoms with E-state index >= 15 is 0 Å². The second-order valence-corrected chi connectivity index (χ2v) is 6.48. The molecule has 18 heavy (non-hydrogen) atoms. The molecule has 2 nitrogen and oxygen atoms in total. The minimum absolute atomic E-state index is 0.318. The van der Waals surface area contributed by atoms with E-state index in [1.807, 2.05) is 12.1 Å². The summed E-state index contributed by atoms with van der Waals surface area (Å²) in [4.78, 5) is 0. The number of ether oxygens (including phenoxy) is 1. The summed E-state index contributed by atoms with van der Waals surface area (Å²) in [5, 5.41) is 11.5. The smallest absolute Gasteiger partial charge is 0.125 e. The summed E-state index contributed by atoms with van der Waals surface area (Å²) in [7, 11) is 1.63. The molecule has 0 heterocycles. The third-order valence-electron chi connectivity index (χ3n) is 4.09. The van der Waals surface area contributed by atoms with Gasteiger partial charge in [0, 0.05) is 10.6 Å². The van der Waals surface area contributed by atoms with Crippen LogP contribution in [0.2, 0.25) is 5.02 Å². The molecule has 1 N–H and O–H groups in total. The Labute approximate surface area is 114 Å². The zero-order valence-electron chi connectivity index (χ0n) is 11.3. The van der Waals surface area contributed by atoms with Crippen LogP contribution in [0.4, 0.5) is 0 Å². The molecule has 1 aliphatic carbocycles. The van der Waals surface area contributed by atoms with Gasteiger partial charge in [0.2, 0.25) is 0 Å². The Balaban J connectivity index is 2.33. The number of rotatable bonds is 2. The summed E-state index contributed by atoms with van der Waals surface area (Å²) in [6, 6.07) is 5.45. The van der Waals surface area contributed by atoms with Gasteiger partial charge in [-0.3, -0.25) is 0 Å². The highest BCUT2D eigenvalue weighted by atomic mass is 35.5. The molecule has 0 radical (unpaired) electrons. The van der Waals surface area contributed by atoms with Gasteiger partial charge in [0.05, 0.1) is 12.7 Å². The lowest BCUT2D eigenvalue weighted by Gasteiger charge is -2.41. The van der Waals surface area contributed by atoms with Crippen molar-refractivity contribution in [1.82, 2.24) is 0 Å². The molecular weight excluding hydrogens is 248 g/mol. The number of methoxy groups -OCH3 is 1. The summed E-state index contributed by atoms with van der Waals surface area (Å²) >= 11 is 6.04. The second-order valence-electron chi connectivity index (χ2n) is 6.04. The Bertz CT molecular complexity index is 430. The molecule has 0 aliphatic heterocycles. The van der Waals surface area contributed by atoms with Gasteiger partial charge in [0.15, 0.2) is 0 Å². The third kappa shape index (κ3) is 2.65. The highest BCUT2D eigenvalue weighted by Crippen LogP contribution is 2.47. The molecule has 0 atom stereocenters. The minimum Gasteiger partial charge on any atom is -0.496 e. The maximum Gasteiger partial charge on any atom is 0.125 e. The molecule has 1 aromatic rings. The first kappa shape index (κ1) is 13.7. The fraction of sp³-hybridized carbons (Fsp3) is 0.600. The van der Waals surface area contributed by atoms with Crippen molar-refractivity contribution in [2.75, 3.05) is 7.11 Å². The molecule has 0 saturated heterocycles. The molecule has 1 aromatic carbocycles. The van der Waals surface area contributed by atoms with Gasteiger partial charge >= 0.3 is 0 Å². The average Bonchev–Trinajstić information content (AvgIpc) is 2.33. The maximum atomic E-state index is 10.9. The Morgan fingerprint density at radius 1 is 1.17 bits per heavy atom. The first-order valence-electron chi connectivity index (χ1n) is 6.43. The monoisotopic (exact) mass is 268 g/mol. The lowest BCUT2D eigenvalue weighted by atomic mass is 9.68. The van der Waals surface area contributed by atoms with Gasteiger partial charge in [-0.1, -0.05) is 25.4 Å². The van der Waals surface area contributed by atoms with E-state index in [1.54, 1.807) is 13.2 Å². The number of halogens is 1. The van der Waals surface area contributed by atoms with Crippen molar-refractivity contribution in [2.24, 2.45) is 5.41 Å². The van der Waals surface area contributed by atoms with E-state index in [0.29, 0.717) is 10.4 Å². The molecule has 1 aliphatic rings. The molecule has 100 valence electrons. The van der Waals surface area contributed by atoms with E-state index in [2.05, 4.69) is 13.8 Å². The topological polar surface area (TPSA) is 29.5 Å². The van der Waals surface area contributed by atoms with Gasteiger partial charge in [0.1, 0.15) is 5.75 Å². The van der Waals surface area contributed by atoms with Crippen molar-refractivity contribution in [1.29, 1.82) is 0 Å². The zero-order chi connectivity index (χ0) is 13.4. The average molecular weight is 269 g/mol. The predicted octanol–water partition coefficient (Wildman–Crippen LogP) is 4.14. The zero-order valence-corrected chi connectivity index (χ0v) is 12.0. The predicted molar refractivity (Wildman–Crippen MR) is 74.1 cm³/mol. The molecular formula is C15H21ClO2. The quantitative estimate of drug-likeness (QED) is 0.874. The van der Waals surface area contributed by atoms with Crippen LogP contribution in [0, 0.1) is 5.41 Å². The SMILES string of the molecule is COc1ccc(Cl)cc1C1(O)CCC(C)(C)CC1. The van der Waals surface area contributed by atoms with Crippen LogP contribution in [-0.2, 0) is 5.60 Å². The lowest BCUT2D eigenvalue weighted by molar-refractivity contribution is -0.0320. The molecule has 0 amide bonds. The summed E-state index contributed by atoms with van der Waals surface area (Å²) in [5.74, 6) is 0.724. The van der Waals surface area contributed by atoms with E-state index in [1.165, 1.54) is 0 Å². The van der Waals surface area contributed by atoms with Gasteiger partial charge in [-0.2, -0.15) is 0 Å². The standard InChI is InChI=1S/C15H21ClO2/c1-14(2)6-8-15(17,9-7-14)12-10-11(16)4-5-13(12)18-3/h4-5,10,17H,6-9H2,1-3H3. The van der Waals surface area contributed by atoms with Crippen LogP contribution < -0.4 is 4.74 Å². The van der Waals surface area contributed by atoms with E-state index in [9.17, 15) is 5.11 Å². The van der Waals surface area contributed by atoms with E-state index < -0.39 is 5.60 Å². The van der Waals surface area contributed by atoms with E-state index in [0.717, 1.165) is 37.0 Å². The Hall–Kier alpha value is -0.730. The van der Waals surface area contributed by atoms with Crippen LogP contribution in [0.25, 0.3) is 0 Å². The Morgan fingerprint density at radius 2 is 1.78 bits per heavy atom. The highest BCUT2D eigenvalue weighted by Gasteiger charge is 2.39. The number of aliphatic hydroxyl groups is 1. The van der Waals surface area contributed by atoms with Crippen LogP contribution >= 0.6 is 11.6 Å². The third-order valence-corrected chi connectivity index (χ3v) is 4.33. The number of benzene rings is 1. The molecule has 1 saturated carbocycles. The van der Waals surface area contributed by atoms with Crippen LogP contribution in [0.3, 0.4) is 0 Å². The fourth-order valence-electron chi connectivity index (χ4n) is 2.65. The summed E-state index contributed by atoms with van der Waals surface area (Å²) in [6.45, 7) is 4.50. The van der Waals surface area contributed by atoms with Crippen molar-refractivity contribution in [3.05, 3.63) is 28.8 Å². The van der Waals surface area contributed by atoms with Gasteiger partial charge in [-0.25, -0.2) is 0 Å². The van der Waals surface area contributed by atoms with E-state index in [4.69, 9.17) is 16.3 Å². The lowest BCUT2D eigenvalue weighted by Crippen LogP contribution is -2.34. The van der Waals surface area contributed by atoms with Crippen molar-refractivity contribution in [3.8, 4) is 5.75 Å². The molecule has 0 bridgehead atoms. The first-order valence-corrected chi connectivity index (χ1v) is 6.81. The Kier molecular flexibility index (Phi) is 3.61. The first-order chi connectivity index (χ1) is 8.36. The van der Waals surface area contributed by atoms with Gasteiger partial charge < -0.3 is 9.84 Å². The minimum atomic E-state index is -0.800. The Morgan fingerprint density at radius 3 is 2.33 bits per heavy atom. The normalized spacial score (nSPS) is 21.6. The highest BCUT2D eigenvalue weighted by molar-refractivity contribution is 6.30. The molecule has 3 heteroatoms. The number of hydrogen-bond donors (Lipinski definition) is 1. The number of hydrogen-bond acceptors (Lipinski definition) is 2. The van der Waals surface area contributed by atoms with Crippen LogP contribution in [-0.4, -0.2) is 12.2 Å². The van der Waals surface area contributed by atoms with Crippen molar-refractivity contribution in [2.45, 2.75) is 45.1 Å². The maximum absolute atomic E-state index is 10.9. The van der Waals surface area contributed by atoms with E-state index in [-0.39, 0.29) is 0 Å². The van der Waals surface area contributed by atoms with Gasteiger partial charge in [-0.15, -0.1) is 0 Å². The van der Waals surface area contributed by atoms with Gasteiger partial charge in [0.25, 0.3) is 0 Å². The summed E-state index contributed by atoms with van der Waals surface area (Å²) < 4.78 is 5.35. The van der Waals surface area contributed by atoms with Crippen LogP contribution in [0.15, 0.2) is 18.2 Å². The molecule has 0 unspecified atom stereocenters. The van der Waals surface area contributed by atoms with Crippen molar-refractivity contribution < 1.29 is 9.84 Å². The van der Waals surface area contributed by atoms with Crippen molar-refractivity contribution in [3.63, 3.8) is 0 Å². The van der Waals surface area contributed by atoms with Crippen molar-refractivity contribution >= 4 is 11.6 Å². The molecule has 2 rings (SSSR count). The summed E-state index contributed by atoms with van der Waals surface area (Å²) in [6.07, 6.45) is 3.55. The largest absolute Gasteiger partial charge is 0.496 e.